The summed E-state index contributed by atoms with van der Waals surface area (Å²) >= 11 is 0. The number of hydrogen-bond donors (Lipinski definition) is 0. The first-order valence-corrected chi connectivity index (χ1v) is 8.97. The predicted octanol–water partition coefficient (Wildman–Crippen LogP) is 3.11. The number of benzene rings is 1. The number of rotatable bonds is 2. The van der Waals surface area contributed by atoms with Crippen LogP contribution in [0.5, 0.6) is 0 Å². The van der Waals surface area contributed by atoms with Gasteiger partial charge in [0.2, 0.25) is 5.91 Å². The van der Waals surface area contributed by atoms with E-state index < -0.39 is 5.41 Å². The van der Waals surface area contributed by atoms with Gasteiger partial charge in [0.25, 0.3) is 0 Å². The van der Waals surface area contributed by atoms with E-state index in [0.717, 1.165) is 42.0 Å². The molecule has 0 unspecified atom stereocenters. The average Bonchev–Trinajstić information content (AvgIpc) is 2.84. The van der Waals surface area contributed by atoms with Gasteiger partial charge in [0.1, 0.15) is 12.1 Å². The van der Waals surface area contributed by atoms with Gasteiger partial charge in [-0.15, -0.1) is 0 Å². The predicted molar refractivity (Wildman–Crippen MR) is 99.1 cm³/mol. The smallest absolute Gasteiger partial charge is 0.239 e. The zero-order valence-electron chi connectivity index (χ0n) is 15.1. The lowest BCUT2D eigenvalue weighted by Gasteiger charge is -2.40. The highest BCUT2D eigenvalue weighted by atomic mass is 16.2. The average molecular weight is 336 g/mol. The summed E-state index contributed by atoms with van der Waals surface area (Å²) in [4.78, 5) is 26.1. The van der Waals surface area contributed by atoms with Gasteiger partial charge >= 0.3 is 0 Å². The van der Waals surface area contributed by atoms with Crippen molar-refractivity contribution in [3.8, 4) is 0 Å². The van der Waals surface area contributed by atoms with Gasteiger partial charge in [-0.25, -0.2) is 9.97 Å². The van der Waals surface area contributed by atoms with E-state index >= 15 is 0 Å². The highest BCUT2D eigenvalue weighted by molar-refractivity contribution is 6.08. The SMILES string of the molecule is CC(C)c1cncnc1N1CCC[C@]2(C1)C(=O)N(C)c1ccccc12. The van der Waals surface area contributed by atoms with Crippen LogP contribution in [-0.4, -0.2) is 36.0 Å². The van der Waals surface area contributed by atoms with Gasteiger partial charge in [-0.1, -0.05) is 32.0 Å². The van der Waals surface area contributed by atoms with Crippen molar-refractivity contribution in [3.63, 3.8) is 0 Å². The summed E-state index contributed by atoms with van der Waals surface area (Å²) in [5.41, 5.74) is 2.89. The number of anilines is 2. The number of piperidine rings is 1. The normalized spacial score (nSPS) is 22.8. The lowest BCUT2D eigenvalue weighted by molar-refractivity contribution is -0.123. The van der Waals surface area contributed by atoms with Crippen molar-refractivity contribution < 1.29 is 4.79 Å². The standard InChI is InChI=1S/C20H24N4O/c1-14(2)15-11-21-13-22-18(15)24-10-6-9-20(12-24)16-7-4-5-8-17(16)23(3)19(20)25/h4-5,7-8,11,13-14H,6,9-10,12H2,1-3H3/t20-/m1/s1. The van der Waals surface area contributed by atoms with Crippen molar-refractivity contribution in [1.82, 2.24) is 9.97 Å². The Labute approximate surface area is 148 Å². The summed E-state index contributed by atoms with van der Waals surface area (Å²) < 4.78 is 0. The number of amides is 1. The number of aromatic nitrogens is 2. The third-order valence-corrected chi connectivity index (χ3v) is 5.63. The van der Waals surface area contributed by atoms with Gasteiger partial charge in [0.05, 0.1) is 5.41 Å². The molecule has 1 aromatic heterocycles. The second-order valence-corrected chi connectivity index (χ2v) is 7.44. The molecule has 1 atom stereocenters. The van der Waals surface area contributed by atoms with Crippen LogP contribution in [0.4, 0.5) is 11.5 Å². The summed E-state index contributed by atoms with van der Waals surface area (Å²) in [6.45, 7) is 5.93. The fourth-order valence-corrected chi connectivity index (χ4v) is 4.35. The Morgan fingerprint density at radius 1 is 1.24 bits per heavy atom. The molecule has 1 amide bonds. The largest absolute Gasteiger partial charge is 0.355 e. The molecule has 25 heavy (non-hydrogen) atoms. The number of nitrogens with zero attached hydrogens (tertiary/aromatic N) is 4. The second kappa shape index (κ2) is 5.83. The quantitative estimate of drug-likeness (QED) is 0.845. The maximum absolute atomic E-state index is 13.2. The van der Waals surface area contributed by atoms with Gasteiger partial charge in [0, 0.05) is 37.6 Å². The van der Waals surface area contributed by atoms with Crippen LogP contribution < -0.4 is 9.80 Å². The number of likely N-dealkylation sites (N-methyl/N-ethyl adjacent to an activating group) is 1. The molecule has 0 radical (unpaired) electrons. The lowest BCUT2D eigenvalue weighted by atomic mass is 9.75. The maximum atomic E-state index is 13.2. The van der Waals surface area contributed by atoms with E-state index in [2.05, 4.69) is 34.8 Å². The van der Waals surface area contributed by atoms with Crippen LogP contribution in [0, 0.1) is 0 Å². The molecule has 130 valence electrons. The molecule has 1 fully saturated rings. The van der Waals surface area contributed by atoms with Crippen LogP contribution in [0.15, 0.2) is 36.8 Å². The first-order chi connectivity index (χ1) is 12.0. The van der Waals surface area contributed by atoms with Gasteiger partial charge in [-0.05, 0) is 30.4 Å². The maximum Gasteiger partial charge on any atom is 0.239 e. The van der Waals surface area contributed by atoms with Crippen molar-refractivity contribution in [2.24, 2.45) is 0 Å². The molecule has 2 aromatic rings. The first-order valence-electron chi connectivity index (χ1n) is 8.97. The molecule has 5 nitrogen and oxygen atoms in total. The molecule has 0 bridgehead atoms. The summed E-state index contributed by atoms with van der Waals surface area (Å²) in [5, 5.41) is 0. The topological polar surface area (TPSA) is 49.3 Å². The fraction of sp³-hybridized carbons (Fsp3) is 0.450. The molecule has 1 saturated heterocycles. The van der Waals surface area contributed by atoms with E-state index in [0.29, 0.717) is 12.5 Å². The van der Waals surface area contributed by atoms with E-state index in [1.807, 2.05) is 36.3 Å². The Hall–Kier alpha value is -2.43. The van der Waals surface area contributed by atoms with Crippen molar-refractivity contribution in [1.29, 1.82) is 0 Å². The molecule has 1 aromatic carbocycles. The van der Waals surface area contributed by atoms with Crippen molar-refractivity contribution in [2.75, 3.05) is 29.9 Å². The molecule has 0 N–H and O–H groups in total. The summed E-state index contributed by atoms with van der Waals surface area (Å²) in [5.74, 6) is 1.53. The molecular formula is C20H24N4O. The first kappa shape index (κ1) is 16.1. The zero-order valence-corrected chi connectivity index (χ0v) is 15.1. The highest BCUT2D eigenvalue weighted by Crippen LogP contribution is 2.47. The molecule has 2 aliphatic rings. The van der Waals surface area contributed by atoms with Crippen LogP contribution in [0.2, 0.25) is 0 Å². The summed E-state index contributed by atoms with van der Waals surface area (Å²) in [6, 6.07) is 8.20. The minimum atomic E-state index is -0.456. The molecule has 5 heteroatoms. The second-order valence-electron chi connectivity index (χ2n) is 7.44. The number of carbonyl (C=O) groups is 1. The van der Waals surface area contributed by atoms with Gasteiger partial charge in [0.15, 0.2) is 0 Å². The molecule has 0 aliphatic carbocycles. The van der Waals surface area contributed by atoms with Crippen molar-refractivity contribution in [3.05, 3.63) is 47.9 Å². The third kappa shape index (κ3) is 2.33. The minimum Gasteiger partial charge on any atom is -0.355 e. The monoisotopic (exact) mass is 336 g/mol. The Morgan fingerprint density at radius 2 is 2.04 bits per heavy atom. The van der Waals surface area contributed by atoms with Crippen LogP contribution in [0.1, 0.15) is 43.7 Å². The molecule has 3 heterocycles. The van der Waals surface area contributed by atoms with E-state index in [1.54, 1.807) is 6.33 Å². The van der Waals surface area contributed by atoms with Gasteiger partial charge in [-0.2, -0.15) is 0 Å². The van der Waals surface area contributed by atoms with E-state index in [9.17, 15) is 4.79 Å². The van der Waals surface area contributed by atoms with Crippen molar-refractivity contribution in [2.45, 2.75) is 38.0 Å². The molecule has 2 aliphatic heterocycles. The highest BCUT2D eigenvalue weighted by Gasteiger charge is 2.51. The molecule has 0 saturated carbocycles. The Balaban J connectivity index is 1.77. The van der Waals surface area contributed by atoms with E-state index in [1.165, 1.54) is 0 Å². The number of fused-ring (bicyclic) bond motifs is 2. The summed E-state index contributed by atoms with van der Waals surface area (Å²) in [6.07, 6.45) is 5.39. The van der Waals surface area contributed by atoms with E-state index in [4.69, 9.17) is 0 Å². The fourth-order valence-electron chi connectivity index (χ4n) is 4.35. The molecular weight excluding hydrogens is 312 g/mol. The molecule has 1 spiro atoms. The van der Waals surface area contributed by atoms with Crippen molar-refractivity contribution >= 4 is 17.4 Å². The van der Waals surface area contributed by atoms with Gasteiger partial charge < -0.3 is 9.80 Å². The Kier molecular flexibility index (Phi) is 3.74. The number of hydrogen-bond acceptors (Lipinski definition) is 4. The van der Waals surface area contributed by atoms with Crippen LogP contribution in [0.25, 0.3) is 0 Å². The molecule has 4 rings (SSSR count). The third-order valence-electron chi connectivity index (χ3n) is 5.63. The zero-order chi connectivity index (χ0) is 17.6. The number of para-hydroxylation sites is 1. The minimum absolute atomic E-state index is 0.207. The lowest BCUT2D eigenvalue weighted by Crippen LogP contribution is -2.52. The summed E-state index contributed by atoms with van der Waals surface area (Å²) in [7, 11) is 1.89. The Morgan fingerprint density at radius 3 is 2.84 bits per heavy atom. The Bertz CT molecular complexity index is 819. The van der Waals surface area contributed by atoms with E-state index in [-0.39, 0.29) is 5.91 Å². The van der Waals surface area contributed by atoms with Gasteiger partial charge in [-0.3, -0.25) is 4.79 Å². The van der Waals surface area contributed by atoms with Crippen LogP contribution >= 0.6 is 0 Å². The van der Waals surface area contributed by atoms with Crippen LogP contribution in [0.3, 0.4) is 0 Å². The number of carbonyl (C=O) groups excluding carboxylic acids is 1. The van der Waals surface area contributed by atoms with Crippen LogP contribution in [-0.2, 0) is 10.2 Å².